The number of allylic oxidation sites excluding steroid dienone is 2. The maximum absolute atomic E-state index is 11.5. The van der Waals surface area contributed by atoms with E-state index in [2.05, 4.69) is 0 Å². The SMILES string of the molecule is CC(C)(C)C(=O)/C=C(\O)C(C)(C)C.[Y]. The van der Waals surface area contributed by atoms with Gasteiger partial charge < -0.3 is 5.11 Å². The van der Waals surface area contributed by atoms with Gasteiger partial charge in [-0.25, -0.2) is 0 Å². The number of hydrogen-bond donors (Lipinski definition) is 1. The number of carbonyl (C=O) groups is 1. The Hall–Kier alpha value is 0.314. The summed E-state index contributed by atoms with van der Waals surface area (Å²) in [6.45, 7) is 11.1. The zero-order valence-electron chi connectivity index (χ0n) is 10.0. The Kier molecular flexibility index (Phi) is 6.47. The number of aliphatic hydroxyl groups is 1. The first-order valence-corrected chi connectivity index (χ1v) is 4.51. The molecule has 0 rings (SSSR count). The van der Waals surface area contributed by atoms with E-state index in [1.165, 1.54) is 6.08 Å². The molecule has 0 fully saturated rings. The third-order valence-electron chi connectivity index (χ3n) is 1.78. The Morgan fingerprint density at radius 2 is 1.36 bits per heavy atom. The smallest absolute Gasteiger partial charge is 0.164 e. The molecule has 0 saturated carbocycles. The van der Waals surface area contributed by atoms with Gasteiger partial charge >= 0.3 is 0 Å². The van der Waals surface area contributed by atoms with Crippen LogP contribution in [-0.4, -0.2) is 10.9 Å². The van der Waals surface area contributed by atoms with Gasteiger partial charge in [-0.3, -0.25) is 4.79 Å². The molecule has 0 spiro atoms. The molecule has 0 aromatic heterocycles. The molecule has 0 aliphatic carbocycles. The summed E-state index contributed by atoms with van der Waals surface area (Å²) >= 11 is 0. The Morgan fingerprint density at radius 3 is 1.57 bits per heavy atom. The van der Waals surface area contributed by atoms with Gasteiger partial charge in [0.15, 0.2) is 5.78 Å². The summed E-state index contributed by atoms with van der Waals surface area (Å²) in [5.41, 5.74) is -0.764. The minimum absolute atomic E-state index is 0. The van der Waals surface area contributed by atoms with Crippen LogP contribution in [0, 0.1) is 10.8 Å². The summed E-state index contributed by atoms with van der Waals surface area (Å²) in [5, 5.41) is 9.56. The van der Waals surface area contributed by atoms with Crippen molar-refractivity contribution in [3.8, 4) is 0 Å². The fraction of sp³-hybridized carbons (Fsp3) is 0.727. The second-order valence-corrected chi connectivity index (χ2v) is 5.39. The van der Waals surface area contributed by atoms with E-state index in [-0.39, 0.29) is 49.7 Å². The van der Waals surface area contributed by atoms with E-state index in [0.717, 1.165) is 0 Å². The molecule has 2 nitrogen and oxygen atoms in total. The van der Waals surface area contributed by atoms with Crippen molar-refractivity contribution in [2.45, 2.75) is 41.5 Å². The third-order valence-corrected chi connectivity index (χ3v) is 1.78. The summed E-state index contributed by atoms with van der Waals surface area (Å²) < 4.78 is 0. The summed E-state index contributed by atoms with van der Waals surface area (Å²) in [4.78, 5) is 11.5. The van der Waals surface area contributed by atoms with Crippen LogP contribution < -0.4 is 0 Å². The van der Waals surface area contributed by atoms with Crippen molar-refractivity contribution in [2.24, 2.45) is 10.8 Å². The molecular formula is C11H20O2Y. The first-order chi connectivity index (χ1) is 5.55. The van der Waals surface area contributed by atoms with Crippen LogP contribution >= 0.6 is 0 Å². The van der Waals surface area contributed by atoms with E-state index in [9.17, 15) is 9.90 Å². The molecule has 0 bridgehead atoms. The molecule has 0 aromatic rings. The first kappa shape index (κ1) is 16.7. The third kappa shape index (κ3) is 5.92. The minimum atomic E-state index is -0.417. The molecule has 0 atom stereocenters. The van der Waals surface area contributed by atoms with E-state index < -0.39 is 5.41 Å². The number of ketones is 1. The molecule has 0 aliphatic rings. The normalized spacial score (nSPS) is 13.4. The van der Waals surface area contributed by atoms with Crippen molar-refractivity contribution in [1.29, 1.82) is 0 Å². The molecule has 0 aliphatic heterocycles. The Morgan fingerprint density at radius 1 is 1.00 bits per heavy atom. The molecule has 79 valence electrons. The average Bonchev–Trinajstić information content (AvgIpc) is 1.82. The van der Waals surface area contributed by atoms with E-state index in [0.29, 0.717) is 0 Å². The monoisotopic (exact) mass is 273 g/mol. The first-order valence-electron chi connectivity index (χ1n) is 4.51. The fourth-order valence-corrected chi connectivity index (χ4v) is 0.557. The van der Waals surface area contributed by atoms with Crippen molar-refractivity contribution in [3.63, 3.8) is 0 Å². The van der Waals surface area contributed by atoms with Crippen molar-refractivity contribution < 1.29 is 42.6 Å². The van der Waals surface area contributed by atoms with Gasteiger partial charge in [0.25, 0.3) is 0 Å². The zero-order valence-corrected chi connectivity index (χ0v) is 12.8. The maximum atomic E-state index is 11.5. The van der Waals surface area contributed by atoms with Crippen LogP contribution in [0.1, 0.15) is 41.5 Å². The van der Waals surface area contributed by atoms with Crippen LogP contribution in [-0.2, 0) is 37.5 Å². The summed E-state index contributed by atoms with van der Waals surface area (Å²) in [6, 6.07) is 0. The van der Waals surface area contributed by atoms with E-state index >= 15 is 0 Å². The van der Waals surface area contributed by atoms with Gasteiger partial charge in [-0.1, -0.05) is 41.5 Å². The van der Waals surface area contributed by atoms with Gasteiger partial charge in [0.05, 0.1) is 0 Å². The van der Waals surface area contributed by atoms with Gasteiger partial charge in [0, 0.05) is 49.6 Å². The molecular weight excluding hydrogens is 253 g/mol. The van der Waals surface area contributed by atoms with Crippen LogP contribution in [0.4, 0.5) is 0 Å². The summed E-state index contributed by atoms with van der Waals surface area (Å²) in [6.07, 6.45) is 1.33. The topological polar surface area (TPSA) is 37.3 Å². The predicted octanol–water partition coefficient (Wildman–Crippen LogP) is 3.09. The molecule has 1 radical (unpaired) electrons. The quantitative estimate of drug-likeness (QED) is 0.589. The largest absolute Gasteiger partial charge is 0.512 e. The van der Waals surface area contributed by atoms with Crippen LogP contribution in [0.3, 0.4) is 0 Å². The zero-order chi connectivity index (χ0) is 10.9. The molecule has 14 heavy (non-hydrogen) atoms. The molecule has 0 unspecified atom stereocenters. The van der Waals surface area contributed by atoms with Crippen LogP contribution in [0.5, 0.6) is 0 Å². The number of aliphatic hydroxyl groups excluding tert-OH is 1. The van der Waals surface area contributed by atoms with Crippen LogP contribution in [0.2, 0.25) is 0 Å². The van der Waals surface area contributed by atoms with Crippen molar-refractivity contribution in [3.05, 3.63) is 11.8 Å². The Bertz CT molecular complexity index is 229. The maximum Gasteiger partial charge on any atom is 0.164 e. The summed E-state index contributed by atoms with van der Waals surface area (Å²) in [5.74, 6) is 0.104. The predicted molar refractivity (Wildman–Crippen MR) is 54.6 cm³/mol. The molecule has 0 heterocycles. The standard InChI is InChI=1S/C11H20O2.Y/c1-10(2,3)8(12)7-9(13)11(4,5)6;/h7,12H,1-6H3;/b8-7-;. The van der Waals surface area contributed by atoms with Gasteiger partial charge in [0.1, 0.15) is 5.76 Å². The van der Waals surface area contributed by atoms with Crippen molar-refractivity contribution in [1.82, 2.24) is 0 Å². The van der Waals surface area contributed by atoms with Gasteiger partial charge in [-0.05, 0) is 0 Å². The molecule has 0 aromatic carbocycles. The van der Waals surface area contributed by atoms with E-state index in [1.807, 2.05) is 41.5 Å². The average molecular weight is 273 g/mol. The number of rotatable bonds is 1. The Balaban J connectivity index is 0. The molecule has 1 N–H and O–H groups in total. The second-order valence-electron chi connectivity index (χ2n) is 5.39. The van der Waals surface area contributed by atoms with E-state index in [1.54, 1.807) is 0 Å². The van der Waals surface area contributed by atoms with Gasteiger partial charge in [-0.2, -0.15) is 0 Å². The minimum Gasteiger partial charge on any atom is -0.512 e. The summed E-state index contributed by atoms with van der Waals surface area (Å²) in [7, 11) is 0. The Labute approximate surface area is 112 Å². The number of hydrogen-bond acceptors (Lipinski definition) is 2. The van der Waals surface area contributed by atoms with Gasteiger partial charge in [-0.15, -0.1) is 0 Å². The molecule has 0 saturated heterocycles. The molecule has 3 heteroatoms. The van der Waals surface area contributed by atoms with Crippen molar-refractivity contribution in [2.75, 3.05) is 0 Å². The fourth-order valence-electron chi connectivity index (χ4n) is 0.557. The van der Waals surface area contributed by atoms with Gasteiger partial charge in [0.2, 0.25) is 0 Å². The van der Waals surface area contributed by atoms with Crippen LogP contribution in [0.25, 0.3) is 0 Å². The van der Waals surface area contributed by atoms with E-state index in [4.69, 9.17) is 0 Å². The molecule has 0 amide bonds. The van der Waals surface area contributed by atoms with Crippen molar-refractivity contribution >= 4 is 5.78 Å². The number of carbonyl (C=O) groups excluding carboxylic acids is 1. The van der Waals surface area contributed by atoms with Crippen LogP contribution in [0.15, 0.2) is 11.8 Å². The second kappa shape index (κ2) is 5.41.